The molecule has 0 saturated heterocycles. The molecule has 2 rings (SSSR count). The smallest absolute Gasteiger partial charge is 0.387 e. The lowest BCUT2D eigenvalue weighted by molar-refractivity contribution is -0.137. The molecule has 1 saturated carbocycles. The van der Waals surface area contributed by atoms with Crippen molar-refractivity contribution in [3.63, 3.8) is 0 Å². The maximum atomic E-state index is 13.0. The minimum atomic E-state index is -4.59. The molecule has 0 bridgehead atoms. The summed E-state index contributed by atoms with van der Waals surface area (Å²) in [5, 5.41) is 14.4. The molecule has 0 radical (unpaired) electrons. The van der Waals surface area contributed by atoms with Gasteiger partial charge in [0.25, 0.3) is 5.91 Å². The van der Waals surface area contributed by atoms with Gasteiger partial charge in [0.2, 0.25) is 0 Å². The van der Waals surface area contributed by atoms with Crippen molar-refractivity contribution in [1.29, 1.82) is 5.26 Å². The van der Waals surface area contributed by atoms with Crippen LogP contribution in [0.1, 0.15) is 38.2 Å². The van der Waals surface area contributed by atoms with E-state index in [4.69, 9.17) is 5.26 Å². The number of nitrogens with one attached hydrogen (secondary N) is 2. The van der Waals surface area contributed by atoms with Crippen LogP contribution >= 0.6 is 0 Å². The molecule has 0 aliphatic heterocycles. The Hall–Kier alpha value is -2.49. The second-order valence-electron chi connectivity index (χ2n) is 6.20. The van der Waals surface area contributed by atoms with E-state index >= 15 is 0 Å². The predicted molar refractivity (Wildman–Crippen MR) is 88.3 cm³/mol. The van der Waals surface area contributed by atoms with E-state index in [1.54, 1.807) is 6.07 Å². The number of nitrogens with zero attached hydrogens (tertiary/aromatic N) is 1. The highest BCUT2D eigenvalue weighted by molar-refractivity contribution is 6.06. The molecule has 1 fully saturated rings. The Morgan fingerprint density at radius 1 is 1.28 bits per heavy atom. The van der Waals surface area contributed by atoms with Crippen molar-refractivity contribution in [3.05, 3.63) is 41.6 Å². The zero-order valence-corrected chi connectivity index (χ0v) is 13.9. The molecule has 1 aliphatic carbocycles. The highest BCUT2D eigenvalue weighted by Crippen LogP contribution is 2.34. The van der Waals surface area contributed by atoms with Crippen LogP contribution in [0.15, 0.2) is 36.0 Å². The SMILES string of the molecule is CC1CCCCC1N/C=C(/C#N)C(=O)Nc1ccccc1C(F)(F)F. The molecule has 1 aliphatic rings. The standard InChI is InChI=1S/C18H20F3N3O/c1-12-6-2-4-8-15(12)23-11-13(10-22)17(25)24-16-9-5-3-7-14(16)18(19,20)21/h3,5,7,9,11-12,15,23H,2,4,6,8H2,1H3,(H,24,25)/b13-11-. The normalized spacial score (nSPS) is 21.3. The first-order valence-corrected chi connectivity index (χ1v) is 8.17. The molecule has 2 unspecified atom stereocenters. The molecular weight excluding hydrogens is 331 g/mol. The number of carbonyl (C=O) groups is 1. The van der Waals surface area contributed by atoms with Gasteiger partial charge in [-0.3, -0.25) is 4.79 Å². The van der Waals surface area contributed by atoms with Gasteiger partial charge in [-0.2, -0.15) is 18.4 Å². The predicted octanol–water partition coefficient (Wildman–Crippen LogP) is 4.22. The maximum Gasteiger partial charge on any atom is 0.418 e. The number of nitriles is 1. The van der Waals surface area contributed by atoms with E-state index in [2.05, 4.69) is 17.6 Å². The van der Waals surface area contributed by atoms with Crippen LogP contribution in [-0.4, -0.2) is 11.9 Å². The first-order chi connectivity index (χ1) is 11.8. The van der Waals surface area contributed by atoms with Gasteiger partial charge in [0.05, 0.1) is 11.3 Å². The number of para-hydroxylation sites is 1. The van der Waals surface area contributed by atoms with E-state index < -0.39 is 17.6 Å². The van der Waals surface area contributed by atoms with Gasteiger partial charge in [-0.1, -0.05) is 31.9 Å². The number of hydrogen-bond donors (Lipinski definition) is 2. The third kappa shape index (κ3) is 4.99. The Bertz CT molecular complexity index is 692. The monoisotopic (exact) mass is 351 g/mol. The van der Waals surface area contributed by atoms with Crippen molar-refractivity contribution in [2.75, 3.05) is 5.32 Å². The molecule has 2 atom stereocenters. The Morgan fingerprint density at radius 3 is 2.60 bits per heavy atom. The summed E-state index contributed by atoms with van der Waals surface area (Å²) in [5.74, 6) is -0.450. The highest BCUT2D eigenvalue weighted by atomic mass is 19.4. The van der Waals surface area contributed by atoms with Crippen molar-refractivity contribution in [3.8, 4) is 6.07 Å². The van der Waals surface area contributed by atoms with Crippen LogP contribution in [0.5, 0.6) is 0 Å². The first-order valence-electron chi connectivity index (χ1n) is 8.17. The van der Waals surface area contributed by atoms with Crippen LogP contribution in [0.2, 0.25) is 0 Å². The molecule has 4 nitrogen and oxygen atoms in total. The van der Waals surface area contributed by atoms with Crippen molar-refractivity contribution < 1.29 is 18.0 Å². The average molecular weight is 351 g/mol. The van der Waals surface area contributed by atoms with Crippen molar-refractivity contribution in [2.45, 2.75) is 44.8 Å². The molecule has 0 spiro atoms. The summed E-state index contributed by atoms with van der Waals surface area (Å²) >= 11 is 0. The Morgan fingerprint density at radius 2 is 1.96 bits per heavy atom. The molecule has 25 heavy (non-hydrogen) atoms. The van der Waals surface area contributed by atoms with Crippen LogP contribution < -0.4 is 10.6 Å². The summed E-state index contributed by atoms with van der Waals surface area (Å²) in [7, 11) is 0. The quantitative estimate of drug-likeness (QED) is 0.630. The zero-order valence-electron chi connectivity index (χ0n) is 13.9. The largest absolute Gasteiger partial charge is 0.418 e. The second kappa shape index (κ2) is 8.06. The van der Waals surface area contributed by atoms with Crippen LogP contribution in [0.3, 0.4) is 0 Å². The van der Waals surface area contributed by atoms with Gasteiger partial charge in [0, 0.05) is 12.2 Å². The minimum Gasteiger partial charge on any atom is -0.387 e. The Balaban J connectivity index is 2.11. The van der Waals surface area contributed by atoms with Gasteiger partial charge in [-0.15, -0.1) is 0 Å². The summed E-state index contributed by atoms with van der Waals surface area (Å²) in [6, 6.07) is 6.57. The third-order valence-corrected chi connectivity index (χ3v) is 4.40. The van der Waals surface area contributed by atoms with E-state index in [9.17, 15) is 18.0 Å². The van der Waals surface area contributed by atoms with Gasteiger partial charge in [-0.05, 0) is 30.9 Å². The second-order valence-corrected chi connectivity index (χ2v) is 6.20. The fourth-order valence-corrected chi connectivity index (χ4v) is 2.93. The maximum absolute atomic E-state index is 13.0. The van der Waals surface area contributed by atoms with Gasteiger partial charge in [0.15, 0.2) is 0 Å². The fraction of sp³-hybridized carbons (Fsp3) is 0.444. The molecule has 0 aromatic heterocycles. The number of halogens is 3. The summed E-state index contributed by atoms with van der Waals surface area (Å²) in [6.07, 6.45) is 0.952. The van der Waals surface area contributed by atoms with Gasteiger partial charge < -0.3 is 10.6 Å². The van der Waals surface area contributed by atoms with Crippen LogP contribution in [0, 0.1) is 17.2 Å². The van der Waals surface area contributed by atoms with E-state index in [-0.39, 0.29) is 17.3 Å². The fourth-order valence-electron chi connectivity index (χ4n) is 2.93. The van der Waals surface area contributed by atoms with Crippen LogP contribution in [-0.2, 0) is 11.0 Å². The van der Waals surface area contributed by atoms with Gasteiger partial charge >= 0.3 is 6.18 Å². The third-order valence-electron chi connectivity index (χ3n) is 4.40. The Kier molecular flexibility index (Phi) is 6.07. The molecule has 134 valence electrons. The summed E-state index contributed by atoms with van der Waals surface area (Å²) in [6.45, 7) is 2.09. The van der Waals surface area contributed by atoms with Gasteiger partial charge in [0.1, 0.15) is 11.6 Å². The lowest BCUT2D eigenvalue weighted by Crippen LogP contribution is -2.34. The summed E-state index contributed by atoms with van der Waals surface area (Å²) in [5.41, 5.74) is -1.57. The molecule has 0 heterocycles. The van der Waals surface area contributed by atoms with Gasteiger partial charge in [-0.25, -0.2) is 0 Å². The molecular formula is C18H20F3N3O. The number of benzene rings is 1. The lowest BCUT2D eigenvalue weighted by Gasteiger charge is -2.29. The van der Waals surface area contributed by atoms with E-state index in [0.29, 0.717) is 5.92 Å². The van der Waals surface area contributed by atoms with Crippen molar-refractivity contribution in [1.82, 2.24) is 5.32 Å². The Labute approximate surface area is 144 Å². The number of rotatable bonds is 4. The molecule has 2 N–H and O–H groups in total. The van der Waals surface area contributed by atoms with E-state index in [0.717, 1.165) is 37.8 Å². The average Bonchev–Trinajstić information content (AvgIpc) is 2.56. The number of alkyl halides is 3. The van der Waals surface area contributed by atoms with E-state index in [1.165, 1.54) is 18.3 Å². The number of anilines is 1. The number of hydrogen-bond acceptors (Lipinski definition) is 3. The first kappa shape index (κ1) is 18.8. The van der Waals surface area contributed by atoms with E-state index in [1.807, 2.05) is 0 Å². The van der Waals surface area contributed by atoms with Crippen molar-refractivity contribution >= 4 is 11.6 Å². The summed E-state index contributed by atoms with van der Waals surface area (Å²) in [4.78, 5) is 12.2. The van der Waals surface area contributed by atoms with Crippen LogP contribution in [0.4, 0.5) is 18.9 Å². The van der Waals surface area contributed by atoms with Crippen molar-refractivity contribution in [2.24, 2.45) is 5.92 Å². The molecule has 1 aromatic carbocycles. The zero-order chi connectivity index (χ0) is 18.4. The molecule has 1 aromatic rings. The summed E-state index contributed by atoms with van der Waals surface area (Å²) < 4.78 is 38.9. The minimum absolute atomic E-state index is 0.160. The lowest BCUT2D eigenvalue weighted by atomic mass is 9.86. The number of carbonyl (C=O) groups excluding carboxylic acids is 1. The molecule has 1 amide bonds. The highest BCUT2D eigenvalue weighted by Gasteiger charge is 2.33. The molecule has 7 heteroatoms. The van der Waals surface area contributed by atoms with Crippen LogP contribution in [0.25, 0.3) is 0 Å². The topological polar surface area (TPSA) is 64.9 Å². The number of amides is 1.